The quantitative estimate of drug-likeness (QED) is 0.589. The van der Waals surface area contributed by atoms with E-state index in [1.807, 2.05) is 46.3 Å². The Morgan fingerprint density at radius 2 is 2.19 bits per heavy atom. The predicted octanol–water partition coefficient (Wildman–Crippen LogP) is 3.79. The summed E-state index contributed by atoms with van der Waals surface area (Å²) in [4.78, 5) is 17.2. The van der Waals surface area contributed by atoms with Crippen molar-refractivity contribution in [3.63, 3.8) is 0 Å². The summed E-state index contributed by atoms with van der Waals surface area (Å²) in [6.45, 7) is 3.58. The number of hydrogen-bond acceptors (Lipinski definition) is 7. The maximum atomic E-state index is 13.0. The Kier molecular flexibility index (Phi) is 5.80. The summed E-state index contributed by atoms with van der Waals surface area (Å²) in [5.41, 5.74) is 1.01. The van der Waals surface area contributed by atoms with Gasteiger partial charge in [0.15, 0.2) is 0 Å². The Bertz CT molecular complexity index is 911. The van der Waals surface area contributed by atoms with Crippen molar-refractivity contribution in [2.45, 2.75) is 35.2 Å². The normalized spacial score (nSPS) is 16.8. The molecule has 1 atom stereocenters. The highest BCUT2D eigenvalue weighted by molar-refractivity contribution is 8.00. The van der Waals surface area contributed by atoms with Gasteiger partial charge in [-0.25, -0.2) is 4.68 Å². The third-order valence-corrected chi connectivity index (χ3v) is 7.29. The van der Waals surface area contributed by atoms with Crippen LogP contribution < -0.4 is 4.90 Å². The summed E-state index contributed by atoms with van der Waals surface area (Å²) < 4.78 is 1.75. The molecular weight excluding hydrogens is 398 g/mol. The number of hydrogen-bond donors (Lipinski definition) is 0. The van der Waals surface area contributed by atoms with Crippen molar-refractivity contribution in [3.8, 4) is 0 Å². The molecule has 0 radical (unpaired) electrons. The lowest BCUT2D eigenvalue weighted by Crippen LogP contribution is -2.33. The number of nitrogens with zero attached hydrogens (tertiary/aromatic N) is 5. The van der Waals surface area contributed by atoms with Crippen LogP contribution in [0.15, 0.2) is 51.8 Å². The van der Waals surface area contributed by atoms with E-state index in [2.05, 4.69) is 34.6 Å². The van der Waals surface area contributed by atoms with E-state index in [9.17, 15) is 4.79 Å². The van der Waals surface area contributed by atoms with Crippen molar-refractivity contribution in [2.24, 2.45) is 0 Å². The van der Waals surface area contributed by atoms with Gasteiger partial charge >= 0.3 is 0 Å². The lowest BCUT2D eigenvalue weighted by atomic mass is 10.2. The fourth-order valence-electron chi connectivity index (χ4n) is 2.90. The molecule has 0 saturated carbocycles. The number of carbonyl (C=O) groups excluding carboxylic acids is 1. The van der Waals surface area contributed by atoms with Crippen molar-refractivity contribution in [1.29, 1.82) is 0 Å². The molecule has 3 heterocycles. The highest BCUT2D eigenvalue weighted by Crippen LogP contribution is 2.37. The molecule has 0 spiro atoms. The fourth-order valence-corrected chi connectivity index (χ4v) is 5.45. The van der Waals surface area contributed by atoms with E-state index in [0.717, 1.165) is 18.7 Å². The van der Waals surface area contributed by atoms with Gasteiger partial charge < -0.3 is 4.90 Å². The summed E-state index contributed by atoms with van der Waals surface area (Å²) in [7, 11) is 0. The van der Waals surface area contributed by atoms with Gasteiger partial charge in [0.25, 0.3) is 0 Å². The molecule has 1 unspecified atom stereocenters. The molecule has 6 nitrogen and oxygen atoms in total. The highest BCUT2D eigenvalue weighted by atomic mass is 32.2. The fraction of sp³-hybridized carbons (Fsp3) is 0.333. The van der Waals surface area contributed by atoms with Crippen LogP contribution in [0.2, 0.25) is 0 Å². The number of thiophene rings is 1. The molecule has 2 aromatic heterocycles. The first kappa shape index (κ1) is 18.5. The maximum Gasteiger partial charge on any atom is 0.237 e. The van der Waals surface area contributed by atoms with Crippen LogP contribution in [-0.4, -0.2) is 43.7 Å². The summed E-state index contributed by atoms with van der Waals surface area (Å²) in [5, 5.41) is 15.1. The molecule has 1 amide bonds. The SMILES string of the molecule is CC1CCN(C(=O)CSc2nnnn2Cc2cccs2)c2ccccc2S1. The zero-order chi connectivity index (χ0) is 18.6. The number of aromatic nitrogens is 4. The molecule has 3 aromatic rings. The Labute approximate surface area is 170 Å². The van der Waals surface area contributed by atoms with Gasteiger partial charge in [-0.05, 0) is 40.4 Å². The largest absolute Gasteiger partial charge is 0.311 e. The average Bonchev–Trinajstić information content (AvgIpc) is 3.30. The molecule has 9 heteroatoms. The third kappa shape index (κ3) is 4.36. The summed E-state index contributed by atoms with van der Waals surface area (Å²) in [6.07, 6.45) is 0.978. The van der Waals surface area contributed by atoms with E-state index in [4.69, 9.17) is 0 Å². The second kappa shape index (κ2) is 8.45. The van der Waals surface area contributed by atoms with Crippen molar-refractivity contribution >= 4 is 46.5 Å². The molecule has 0 saturated heterocycles. The molecule has 0 bridgehead atoms. The molecule has 0 fully saturated rings. The smallest absolute Gasteiger partial charge is 0.237 e. The molecule has 1 aliphatic rings. The zero-order valence-electron chi connectivity index (χ0n) is 14.8. The second-order valence-corrected chi connectivity index (χ2v) is 9.67. The number of carbonyl (C=O) groups is 1. The number of fused-ring (bicyclic) bond motifs is 1. The molecule has 140 valence electrons. The van der Waals surface area contributed by atoms with Gasteiger partial charge in [0.1, 0.15) is 0 Å². The molecule has 1 aromatic carbocycles. The summed E-state index contributed by atoms with van der Waals surface area (Å²) in [5.74, 6) is 0.408. The van der Waals surface area contributed by atoms with Gasteiger partial charge in [-0.2, -0.15) is 0 Å². The van der Waals surface area contributed by atoms with Crippen LogP contribution in [0.25, 0.3) is 0 Å². The van der Waals surface area contributed by atoms with Crippen LogP contribution in [0.1, 0.15) is 18.2 Å². The standard InChI is InChI=1S/C18H19N5OS3/c1-13-8-9-22(15-6-2-3-7-16(15)27-13)17(24)12-26-18-19-20-21-23(18)11-14-5-4-10-25-14/h2-7,10,13H,8-9,11-12H2,1H3. The molecule has 1 aliphatic heterocycles. The average molecular weight is 418 g/mol. The minimum absolute atomic E-state index is 0.0906. The van der Waals surface area contributed by atoms with Gasteiger partial charge in [-0.15, -0.1) is 28.2 Å². The predicted molar refractivity (Wildman–Crippen MR) is 111 cm³/mol. The van der Waals surface area contributed by atoms with E-state index >= 15 is 0 Å². The van der Waals surface area contributed by atoms with Crippen LogP contribution in [0, 0.1) is 0 Å². The van der Waals surface area contributed by atoms with Crippen LogP contribution in [0.4, 0.5) is 5.69 Å². The number of para-hydroxylation sites is 1. The molecule has 0 aliphatic carbocycles. The minimum Gasteiger partial charge on any atom is -0.311 e. The van der Waals surface area contributed by atoms with Crippen molar-refractivity contribution < 1.29 is 4.79 Å². The van der Waals surface area contributed by atoms with Gasteiger partial charge in [0.05, 0.1) is 18.0 Å². The first-order valence-electron chi connectivity index (χ1n) is 8.68. The number of anilines is 1. The number of benzene rings is 1. The molecule has 27 heavy (non-hydrogen) atoms. The maximum absolute atomic E-state index is 13.0. The van der Waals surface area contributed by atoms with Crippen LogP contribution in [0.3, 0.4) is 0 Å². The van der Waals surface area contributed by atoms with Crippen molar-refractivity contribution in [2.75, 3.05) is 17.2 Å². The van der Waals surface area contributed by atoms with E-state index in [1.54, 1.807) is 16.0 Å². The number of thioether (sulfide) groups is 2. The van der Waals surface area contributed by atoms with E-state index in [1.165, 1.54) is 21.5 Å². The minimum atomic E-state index is 0.0906. The van der Waals surface area contributed by atoms with Crippen molar-refractivity contribution in [1.82, 2.24) is 20.2 Å². The van der Waals surface area contributed by atoms with E-state index < -0.39 is 0 Å². The lowest BCUT2D eigenvalue weighted by Gasteiger charge is -2.22. The van der Waals surface area contributed by atoms with Crippen molar-refractivity contribution in [3.05, 3.63) is 46.7 Å². The van der Waals surface area contributed by atoms with Crippen LogP contribution >= 0.6 is 34.9 Å². The third-order valence-electron chi connectivity index (χ3n) is 4.25. The number of rotatable bonds is 5. The molecule has 0 N–H and O–H groups in total. The molecular formula is C18H19N5OS3. The highest BCUT2D eigenvalue weighted by Gasteiger charge is 2.24. The summed E-state index contributed by atoms with van der Waals surface area (Å²) in [6, 6.07) is 12.2. The Balaban J connectivity index is 1.45. The van der Waals surface area contributed by atoms with Gasteiger partial charge in [-0.1, -0.05) is 36.9 Å². The monoisotopic (exact) mass is 417 g/mol. The summed E-state index contributed by atoms with van der Waals surface area (Å²) >= 11 is 4.90. The van der Waals surface area contributed by atoms with Crippen LogP contribution in [-0.2, 0) is 11.3 Å². The number of amides is 1. The van der Waals surface area contributed by atoms with E-state index in [-0.39, 0.29) is 5.91 Å². The first-order valence-corrected chi connectivity index (χ1v) is 11.4. The lowest BCUT2D eigenvalue weighted by molar-refractivity contribution is -0.116. The van der Waals surface area contributed by atoms with E-state index in [0.29, 0.717) is 22.7 Å². The zero-order valence-corrected chi connectivity index (χ0v) is 17.3. The topological polar surface area (TPSA) is 63.9 Å². The Morgan fingerprint density at radius 3 is 3.04 bits per heavy atom. The molecule has 4 rings (SSSR count). The first-order chi connectivity index (χ1) is 13.2. The number of tetrazole rings is 1. The Hall–Kier alpha value is -1.84. The van der Waals surface area contributed by atoms with Gasteiger partial charge in [0, 0.05) is 21.6 Å². The Morgan fingerprint density at radius 1 is 1.30 bits per heavy atom. The van der Waals surface area contributed by atoms with Gasteiger partial charge in [-0.3, -0.25) is 4.79 Å². The second-order valence-electron chi connectivity index (χ2n) is 6.22. The van der Waals surface area contributed by atoms with Gasteiger partial charge in [0.2, 0.25) is 11.1 Å². The van der Waals surface area contributed by atoms with Crippen LogP contribution in [0.5, 0.6) is 0 Å².